The molecule has 0 saturated heterocycles. The van der Waals surface area contributed by atoms with E-state index in [0.717, 1.165) is 10.6 Å². The molecule has 0 atom stereocenters. The van der Waals surface area contributed by atoms with E-state index in [9.17, 15) is 4.79 Å². The van der Waals surface area contributed by atoms with Crippen LogP contribution < -0.4 is 4.74 Å². The first-order chi connectivity index (χ1) is 9.97. The summed E-state index contributed by atoms with van der Waals surface area (Å²) in [6.45, 7) is 0. The van der Waals surface area contributed by atoms with Gasteiger partial charge in [-0.1, -0.05) is 32.3 Å². The minimum absolute atomic E-state index is 0.230. The Bertz CT molecular complexity index is 688. The summed E-state index contributed by atoms with van der Waals surface area (Å²) in [5.41, 5.74) is 0.230. The van der Waals surface area contributed by atoms with Crippen LogP contribution in [0.3, 0.4) is 0 Å². The third kappa shape index (κ3) is 5.62. The lowest BCUT2D eigenvalue weighted by molar-refractivity contribution is 0.0693. The Labute approximate surface area is 140 Å². The van der Waals surface area contributed by atoms with Gasteiger partial charge in [0.05, 0.1) is 12.7 Å². The highest BCUT2D eigenvalue weighted by molar-refractivity contribution is 8.46. The highest BCUT2D eigenvalue weighted by Crippen LogP contribution is 2.19. The molecule has 3 nitrogen and oxygen atoms in total. The third-order valence-corrected chi connectivity index (χ3v) is 4.75. The highest BCUT2D eigenvalue weighted by atomic mass is 33.1. The lowest BCUT2D eigenvalue weighted by atomic mass is 10.2. The van der Waals surface area contributed by atoms with E-state index in [4.69, 9.17) is 32.2 Å². The van der Waals surface area contributed by atoms with Gasteiger partial charge in [0.1, 0.15) is 5.75 Å². The summed E-state index contributed by atoms with van der Waals surface area (Å²) < 4.78 is 4.97. The summed E-state index contributed by atoms with van der Waals surface area (Å²) >= 11 is 13.9. The van der Waals surface area contributed by atoms with Gasteiger partial charge >= 0.3 is 5.97 Å². The lowest BCUT2D eigenvalue weighted by Gasteiger charge is -1.99. The Kier molecular flexibility index (Phi) is 7.66. The molecule has 21 heavy (non-hydrogen) atoms. The molecular weight excluding hydrogens is 344 g/mol. The normalized spacial score (nSPS) is 9.67. The largest absolute Gasteiger partial charge is 0.496 e. The topological polar surface area (TPSA) is 46.5 Å². The van der Waals surface area contributed by atoms with Crippen molar-refractivity contribution in [2.75, 3.05) is 7.11 Å². The van der Waals surface area contributed by atoms with Crippen LogP contribution in [0, 0.1) is 0 Å². The third-order valence-electron chi connectivity index (χ3n) is 2.42. The number of thiol groups is 2. The van der Waals surface area contributed by atoms with E-state index in [0.29, 0.717) is 4.90 Å². The van der Waals surface area contributed by atoms with Gasteiger partial charge in [0, 0.05) is 9.79 Å². The zero-order valence-electron chi connectivity index (χ0n) is 11.1. The molecule has 0 radical (unpaired) electrons. The summed E-state index contributed by atoms with van der Waals surface area (Å²) in [5, 5.41) is 8.73. The summed E-state index contributed by atoms with van der Waals surface area (Å²) in [6.07, 6.45) is 0. The van der Waals surface area contributed by atoms with E-state index < -0.39 is 14.0 Å². The van der Waals surface area contributed by atoms with Crippen LogP contribution in [0.25, 0.3) is 0 Å². The zero-order chi connectivity index (χ0) is 15.8. The van der Waals surface area contributed by atoms with E-state index in [1.807, 2.05) is 24.3 Å². The summed E-state index contributed by atoms with van der Waals surface area (Å²) in [5.74, 6) is -0.145. The SMILES string of the molecule is COc1ccccc1S.O=C(O)c1ccccc1[SH](=S)=S. The first-order valence-corrected chi connectivity index (χ1v) is 9.57. The van der Waals surface area contributed by atoms with Crippen molar-refractivity contribution in [3.63, 3.8) is 0 Å². The molecule has 2 aromatic carbocycles. The van der Waals surface area contributed by atoms with Crippen LogP contribution in [0.5, 0.6) is 5.75 Å². The summed E-state index contributed by atoms with van der Waals surface area (Å²) in [4.78, 5) is 12.1. The van der Waals surface area contributed by atoms with Crippen LogP contribution in [-0.2, 0) is 30.4 Å². The van der Waals surface area contributed by atoms with Crippen LogP contribution in [-0.4, -0.2) is 18.2 Å². The number of hydrogen-bond acceptors (Lipinski definition) is 5. The molecule has 1 N–H and O–H groups in total. The fourth-order valence-corrected chi connectivity index (χ4v) is 3.23. The first-order valence-electron chi connectivity index (χ1n) is 5.76. The molecule has 0 unspecified atom stereocenters. The van der Waals surface area contributed by atoms with Crippen LogP contribution in [0.4, 0.5) is 0 Å². The van der Waals surface area contributed by atoms with Gasteiger partial charge in [-0.2, -0.15) is 0 Å². The van der Waals surface area contributed by atoms with Gasteiger partial charge in [0.15, 0.2) is 0 Å². The number of hydrogen-bond donors (Lipinski definition) is 3. The van der Waals surface area contributed by atoms with E-state index in [2.05, 4.69) is 12.6 Å². The Balaban J connectivity index is 0.000000219. The summed E-state index contributed by atoms with van der Waals surface area (Å²) in [7, 11) is 0.471. The Morgan fingerprint density at radius 2 is 1.71 bits per heavy atom. The predicted molar refractivity (Wildman–Crippen MR) is 95.4 cm³/mol. The molecule has 7 heteroatoms. The average Bonchev–Trinajstić information content (AvgIpc) is 2.48. The first kappa shape index (κ1) is 17.9. The Hall–Kier alpha value is -1.15. The van der Waals surface area contributed by atoms with Crippen molar-refractivity contribution in [3.05, 3.63) is 54.1 Å². The van der Waals surface area contributed by atoms with E-state index in [1.165, 1.54) is 6.07 Å². The molecule has 0 saturated carbocycles. The molecule has 0 aliphatic carbocycles. The molecule has 0 spiro atoms. The molecule has 112 valence electrons. The van der Waals surface area contributed by atoms with Crippen molar-refractivity contribution >= 4 is 49.0 Å². The molecule has 2 rings (SSSR count). The maximum Gasteiger partial charge on any atom is 0.336 e. The molecule has 0 aliphatic rings. The average molecular weight is 359 g/mol. The monoisotopic (exact) mass is 358 g/mol. The van der Waals surface area contributed by atoms with Gasteiger partial charge in [-0.15, -0.1) is 12.6 Å². The Morgan fingerprint density at radius 3 is 2.14 bits per heavy atom. The van der Waals surface area contributed by atoms with Crippen molar-refractivity contribution in [2.24, 2.45) is 0 Å². The minimum Gasteiger partial charge on any atom is -0.496 e. The number of rotatable bonds is 3. The smallest absolute Gasteiger partial charge is 0.336 e. The van der Waals surface area contributed by atoms with Crippen LogP contribution in [0.2, 0.25) is 0 Å². The van der Waals surface area contributed by atoms with Gasteiger partial charge in [-0.05, 0) is 46.6 Å². The predicted octanol–water partition coefficient (Wildman–Crippen LogP) is 3.00. The van der Waals surface area contributed by atoms with Crippen LogP contribution in [0.1, 0.15) is 10.4 Å². The number of benzene rings is 2. The van der Waals surface area contributed by atoms with Gasteiger partial charge < -0.3 is 9.84 Å². The zero-order valence-corrected chi connectivity index (χ0v) is 14.5. The fourth-order valence-electron chi connectivity index (χ4n) is 1.44. The number of aromatic carboxylic acids is 1. The summed E-state index contributed by atoms with van der Waals surface area (Å²) in [6, 6.07) is 14.2. The van der Waals surface area contributed by atoms with Crippen LogP contribution in [0.15, 0.2) is 58.3 Å². The van der Waals surface area contributed by atoms with Gasteiger partial charge in [0.25, 0.3) is 0 Å². The lowest BCUT2D eigenvalue weighted by Crippen LogP contribution is -1.99. The number of carboxylic acids is 1. The number of carbonyl (C=O) groups is 1. The minimum atomic E-state index is -1.16. The van der Waals surface area contributed by atoms with Gasteiger partial charge in [0.2, 0.25) is 0 Å². The van der Waals surface area contributed by atoms with Crippen molar-refractivity contribution < 1.29 is 14.6 Å². The highest BCUT2D eigenvalue weighted by Gasteiger charge is 2.06. The second kappa shape index (κ2) is 8.99. The number of ether oxygens (including phenoxy) is 1. The second-order valence-corrected chi connectivity index (χ2v) is 8.11. The molecule has 0 aliphatic heterocycles. The molecule has 2 aromatic rings. The number of para-hydroxylation sites is 1. The maximum atomic E-state index is 10.6. The Morgan fingerprint density at radius 1 is 1.14 bits per heavy atom. The molecule has 0 heterocycles. The van der Waals surface area contributed by atoms with Crippen LogP contribution >= 0.6 is 12.6 Å². The van der Waals surface area contributed by atoms with Crippen molar-refractivity contribution in [2.45, 2.75) is 9.79 Å². The van der Waals surface area contributed by atoms with E-state index >= 15 is 0 Å². The van der Waals surface area contributed by atoms with E-state index in [1.54, 1.807) is 25.3 Å². The fraction of sp³-hybridized carbons (Fsp3) is 0.0714. The van der Waals surface area contributed by atoms with Crippen molar-refractivity contribution in [1.29, 1.82) is 0 Å². The maximum absolute atomic E-state index is 10.6. The van der Waals surface area contributed by atoms with Crippen molar-refractivity contribution in [1.82, 2.24) is 0 Å². The van der Waals surface area contributed by atoms with Crippen molar-refractivity contribution in [3.8, 4) is 5.75 Å². The molecular formula is C14H14O3S4. The standard InChI is InChI=1S/C7H6O2S3.C7H8OS/c8-7(9)5-3-1-2-4-6(5)12(10)11;1-8-6-4-2-3-5-7(6)9/h1-4,12H,(H,8,9);2-5,9H,1H3. The molecule has 0 aromatic heterocycles. The van der Waals surface area contributed by atoms with Gasteiger partial charge in [-0.25, -0.2) is 4.79 Å². The van der Waals surface area contributed by atoms with Gasteiger partial charge in [-0.3, -0.25) is 0 Å². The quantitative estimate of drug-likeness (QED) is 0.737. The number of methoxy groups -OCH3 is 1. The molecule has 0 bridgehead atoms. The molecule has 0 amide bonds. The number of carboxylic acid groups (broad SMARTS) is 1. The van der Waals surface area contributed by atoms with E-state index in [-0.39, 0.29) is 5.56 Å². The molecule has 0 fully saturated rings. The second-order valence-electron chi connectivity index (χ2n) is 3.75.